The van der Waals surface area contributed by atoms with Crippen LogP contribution in [0.4, 0.5) is 5.69 Å². The maximum Gasteiger partial charge on any atom is 0.269 e. The number of carbonyl (C=O) groups excluding carboxylic acids is 1. The highest BCUT2D eigenvalue weighted by atomic mass is 35.5. The van der Waals surface area contributed by atoms with Crippen molar-refractivity contribution in [3.63, 3.8) is 0 Å². The molecule has 2 N–H and O–H groups in total. The lowest BCUT2D eigenvalue weighted by Crippen LogP contribution is -2.44. The number of rotatable bonds is 6. The van der Waals surface area contributed by atoms with Gasteiger partial charge < -0.3 is 10.6 Å². The van der Waals surface area contributed by atoms with Crippen LogP contribution in [0, 0.1) is 16.0 Å². The molecule has 6 nitrogen and oxygen atoms in total. The largest absolute Gasteiger partial charge is 0.336 e. The minimum absolute atomic E-state index is 0. The van der Waals surface area contributed by atoms with E-state index in [1.165, 1.54) is 12.1 Å². The number of nitro benzene ring substituents is 1. The van der Waals surface area contributed by atoms with Crippen LogP contribution in [0.25, 0.3) is 0 Å². The zero-order chi connectivity index (χ0) is 16.2. The van der Waals surface area contributed by atoms with Gasteiger partial charge in [0.2, 0.25) is 5.91 Å². The fourth-order valence-electron chi connectivity index (χ4n) is 1.92. The van der Waals surface area contributed by atoms with Gasteiger partial charge in [-0.15, -0.1) is 12.4 Å². The number of nitro groups is 1. The van der Waals surface area contributed by atoms with Crippen molar-refractivity contribution in [2.45, 2.75) is 46.3 Å². The lowest BCUT2D eigenvalue weighted by molar-refractivity contribution is -0.384. The van der Waals surface area contributed by atoms with Gasteiger partial charge in [-0.2, -0.15) is 0 Å². The van der Waals surface area contributed by atoms with Gasteiger partial charge in [-0.05, 0) is 26.3 Å². The first-order valence-corrected chi connectivity index (χ1v) is 7.03. The summed E-state index contributed by atoms with van der Waals surface area (Å²) in [6.07, 6.45) is 0. The summed E-state index contributed by atoms with van der Waals surface area (Å²) in [5, 5.41) is 10.6. The third-order valence-corrected chi connectivity index (χ3v) is 3.58. The molecule has 7 heteroatoms. The van der Waals surface area contributed by atoms with E-state index in [0.717, 1.165) is 5.56 Å². The smallest absolute Gasteiger partial charge is 0.269 e. The average molecular weight is 330 g/mol. The highest BCUT2D eigenvalue weighted by molar-refractivity contribution is 5.85. The molecule has 0 saturated carbocycles. The molecule has 0 bridgehead atoms. The van der Waals surface area contributed by atoms with E-state index in [9.17, 15) is 14.9 Å². The zero-order valence-electron chi connectivity index (χ0n) is 13.4. The van der Waals surface area contributed by atoms with Crippen molar-refractivity contribution in [1.29, 1.82) is 0 Å². The Kier molecular flexibility index (Phi) is 8.05. The number of amides is 1. The number of halogens is 1. The molecule has 0 spiro atoms. The van der Waals surface area contributed by atoms with E-state index < -0.39 is 4.92 Å². The van der Waals surface area contributed by atoms with Crippen molar-refractivity contribution in [2.75, 3.05) is 0 Å². The molecule has 0 aliphatic heterocycles. The first-order chi connectivity index (χ1) is 9.73. The third kappa shape index (κ3) is 5.27. The second-order valence-electron chi connectivity index (χ2n) is 5.63. The van der Waals surface area contributed by atoms with Gasteiger partial charge in [-0.3, -0.25) is 14.9 Å². The highest BCUT2D eigenvalue weighted by Gasteiger charge is 2.25. The molecule has 0 saturated heterocycles. The van der Waals surface area contributed by atoms with Crippen molar-refractivity contribution in [2.24, 2.45) is 11.7 Å². The molecular weight excluding hydrogens is 306 g/mol. The number of nitrogens with two attached hydrogens (primary N) is 1. The van der Waals surface area contributed by atoms with Crippen LogP contribution in [0.15, 0.2) is 24.3 Å². The molecule has 0 aliphatic rings. The molecule has 1 aromatic carbocycles. The molecule has 124 valence electrons. The molecule has 1 aromatic rings. The minimum Gasteiger partial charge on any atom is -0.336 e. The second kappa shape index (κ2) is 8.70. The maximum atomic E-state index is 12.4. The summed E-state index contributed by atoms with van der Waals surface area (Å²) in [5.74, 6) is -0.260. The Morgan fingerprint density at radius 1 is 1.23 bits per heavy atom. The lowest BCUT2D eigenvalue weighted by atomic mass is 10.0. The Bertz CT molecular complexity index is 503. The van der Waals surface area contributed by atoms with E-state index in [-0.39, 0.29) is 42.0 Å². The molecule has 0 heterocycles. The topological polar surface area (TPSA) is 89.5 Å². The number of hydrogen-bond acceptors (Lipinski definition) is 4. The van der Waals surface area contributed by atoms with Gasteiger partial charge >= 0.3 is 0 Å². The molecule has 1 rings (SSSR count). The molecule has 0 aliphatic carbocycles. The van der Waals surface area contributed by atoms with Gasteiger partial charge in [0.1, 0.15) is 0 Å². The molecule has 0 radical (unpaired) electrons. The Hall–Kier alpha value is -1.66. The number of hydrogen-bond donors (Lipinski definition) is 1. The van der Waals surface area contributed by atoms with Crippen LogP contribution < -0.4 is 5.73 Å². The standard InChI is InChI=1S/C15H23N3O3.ClH/c1-10(2)17(15(19)11(3)12(4)16)9-13-5-7-14(8-6-13)18(20)21;/h5-8,10-12H,9,16H2,1-4H3;1H. The Labute approximate surface area is 137 Å². The quantitative estimate of drug-likeness (QED) is 0.642. The second-order valence-corrected chi connectivity index (χ2v) is 5.63. The summed E-state index contributed by atoms with van der Waals surface area (Å²) < 4.78 is 0. The molecule has 1 amide bonds. The van der Waals surface area contributed by atoms with Crippen molar-refractivity contribution in [3.8, 4) is 0 Å². The van der Waals surface area contributed by atoms with Crippen molar-refractivity contribution in [3.05, 3.63) is 39.9 Å². The van der Waals surface area contributed by atoms with E-state index >= 15 is 0 Å². The first kappa shape index (κ1) is 20.3. The summed E-state index contributed by atoms with van der Waals surface area (Å²) >= 11 is 0. The predicted molar refractivity (Wildman–Crippen MR) is 88.8 cm³/mol. The van der Waals surface area contributed by atoms with Gasteiger partial charge in [0.25, 0.3) is 5.69 Å². The van der Waals surface area contributed by atoms with Gasteiger partial charge in [0, 0.05) is 30.8 Å². The maximum absolute atomic E-state index is 12.4. The summed E-state index contributed by atoms with van der Waals surface area (Å²) in [6, 6.07) is 6.08. The fraction of sp³-hybridized carbons (Fsp3) is 0.533. The van der Waals surface area contributed by atoms with E-state index in [1.54, 1.807) is 17.0 Å². The van der Waals surface area contributed by atoms with E-state index in [0.29, 0.717) is 6.54 Å². The normalized spacial score (nSPS) is 13.2. The Balaban J connectivity index is 0.00000441. The molecule has 0 aromatic heterocycles. The van der Waals surface area contributed by atoms with Crippen molar-refractivity contribution < 1.29 is 9.72 Å². The first-order valence-electron chi connectivity index (χ1n) is 7.03. The van der Waals surface area contributed by atoms with Crippen LogP contribution in [0.3, 0.4) is 0 Å². The van der Waals surface area contributed by atoms with E-state index in [4.69, 9.17) is 5.73 Å². The summed E-state index contributed by atoms with van der Waals surface area (Å²) in [5.41, 5.74) is 6.71. The van der Waals surface area contributed by atoms with Crippen molar-refractivity contribution in [1.82, 2.24) is 4.90 Å². The van der Waals surface area contributed by atoms with Crippen LogP contribution in [0.1, 0.15) is 33.3 Å². The fourth-order valence-corrected chi connectivity index (χ4v) is 1.92. The van der Waals surface area contributed by atoms with Crippen LogP contribution in [0.2, 0.25) is 0 Å². The summed E-state index contributed by atoms with van der Waals surface area (Å²) in [7, 11) is 0. The van der Waals surface area contributed by atoms with Gasteiger partial charge in [-0.25, -0.2) is 0 Å². The zero-order valence-corrected chi connectivity index (χ0v) is 14.2. The molecule has 22 heavy (non-hydrogen) atoms. The summed E-state index contributed by atoms with van der Waals surface area (Å²) in [4.78, 5) is 24.4. The van der Waals surface area contributed by atoms with Crippen LogP contribution in [0.5, 0.6) is 0 Å². The predicted octanol–water partition coefficient (Wildman–Crippen LogP) is 2.74. The Morgan fingerprint density at radius 3 is 2.09 bits per heavy atom. The highest BCUT2D eigenvalue weighted by Crippen LogP contribution is 2.17. The van der Waals surface area contributed by atoms with Crippen LogP contribution in [-0.4, -0.2) is 27.8 Å². The third-order valence-electron chi connectivity index (χ3n) is 3.58. The average Bonchev–Trinajstić information content (AvgIpc) is 2.43. The number of non-ortho nitro benzene ring substituents is 1. The van der Waals surface area contributed by atoms with Crippen LogP contribution >= 0.6 is 12.4 Å². The molecule has 2 atom stereocenters. The number of carbonyl (C=O) groups is 1. The van der Waals surface area contributed by atoms with Gasteiger partial charge in [0.05, 0.1) is 10.8 Å². The SMILES string of the molecule is CC(N)C(C)C(=O)N(Cc1ccc([N+](=O)[O-])cc1)C(C)C.Cl. The van der Waals surface area contributed by atoms with E-state index in [1.807, 2.05) is 27.7 Å². The molecule has 0 fully saturated rings. The Morgan fingerprint density at radius 2 is 1.73 bits per heavy atom. The molecule has 2 unspecified atom stereocenters. The van der Waals surface area contributed by atoms with E-state index in [2.05, 4.69) is 0 Å². The number of nitrogens with zero attached hydrogens (tertiary/aromatic N) is 2. The summed E-state index contributed by atoms with van der Waals surface area (Å²) in [6.45, 7) is 7.94. The minimum atomic E-state index is -0.437. The number of benzene rings is 1. The van der Waals surface area contributed by atoms with Crippen LogP contribution in [-0.2, 0) is 11.3 Å². The van der Waals surface area contributed by atoms with Crippen molar-refractivity contribution >= 4 is 24.0 Å². The van der Waals surface area contributed by atoms with Gasteiger partial charge in [0.15, 0.2) is 0 Å². The molecular formula is C15H24ClN3O3. The lowest BCUT2D eigenvalue weighted by Gasteiger charge is -2.30. The monoisotopic (exact) mass is 329 g/mol. The van der Waals surface area contributed by atoms with Gasteiger partial charge in [-0.1, -0.05) is 19.1 Å².